The molecule has 1 unspecified atom stereocenters. The Balaban J connectivity index is 3.55. The van der Waals surface area contributed by atoms with E-state index in [1.165, 1.54) is 25.7 Å². The average Bonchev–Trinajstić information content (AvgIpc) is 2.14. The predicted octanol–water partition coefficient (Wildman–Crippen LogP) is 2.14. The first-order valence-electron chi connectivity index (χ1n) is 5.68. The normalized spacial score (nSPS) is 13.6. The van der Waals surface area contributed by atoms with Gasteiger partial charge in [-0.1, -0.05) is 26.7 Å². The lowest BCUT2D eigenvalue weighted by atomic mass is 9.98. The highest BCUT2D eigenvalue weighted by Gasteiger charge is 2.07. The van der Waals surface area contributed by atoms with Crippen molar-refractivity contribution in [1.29, 1.82) is 0 Å². The summed E-state index contributed by atoms with van der Waals surface area (Å²) in [5, 5.41) is 3.48. The van der Waals surface area contributed by atoms with Gasteiger partial charge in [0.15, 0.2) is 0 Å². The Labute approximate surface area is 83.3 Å². The quantitative estimate of drug-likeness (QED) is 0.609. The highest BCUT2D eigenvalue weighted by Crippen LogP contribution is 2.12. The van der Waals surface area contributed by atoms with Crippen LogP contribution in [0.1, 0.15) is 46.5 Å². The summed E-state index contributed by atoms with van der Waals surface area (Å²) in [6, 6.07) is 0.469. The lowest BCUT2D eigenvalue weighted by Crippen LogP contribution is -2.36. The summed E-state index contributed by atoms with van der Waals surface area (Å²) >= 11 is 0. The second kappa shape index (κ2) is 8.52. The molecule has 3 N–H and O–H groups in total. The highest BCUT2D eigenvalue weighted by atomic mass is 14.9. The van der Waals surface area contributed by atoms with Crippen molar-refractivity contribution in [2.45, 2.75) is 52.5 Å². The van der Waals surface area contributed by atoms with Gasteiger partial charge in [-0.15, -0.1) is 0 Å². The van der Waals surface area contributed by atoms with Crippen molar-refractivity contribution in [3.8, 4) is 0 Å². The van der Waals surface area contributed by atoms with Crippen molar-refractivity contribution in [2.24, 2.45) is 11.7 Å². The van der Waals surface area contributed by atoms with Gasteiger partial charge in [0, 0.05) is 12.6 Å². The van der Waals surface area contributed by atoms with Gasteiger partial charge in [-0.3, -0.25) is 0 Å². The van der Waals surface area contributed by atoms with Gasteiger partial charge < -0.3 is 11.1 Å². The van der Waals surface area contributed by atoms with Gasteiger partial charge in [0.1, 0.15) is 0 Å². The molecule has 0 heterocycles. The Hall–Kier alpha value is -0.0800. The van der Waals surface area contributed by atoms with Gasteiger partial charge in [-0.05, 0) is 32.2 Å². The molecule has 80 valence electrons. The fourth-order valence-electron chi connectivity index (χ4n) is 1.62. The third-order valence-corrected chi connectivity index (χ3v) is 2.50. The van der Waals surface area contributed by atoms with Crippen LogP contribution in [-0.4, -0.2) is 19.1 Å². The van der Waals surface area contributed by atoms with Crippen molar-refractivity contribution >= 4 is 0 Å². The summed E-state index contributed by atoms with van der Waals surface area (Å²) in [6.45, 7) is 8.55. The Morgan fingerprint density at radius 2 is 1.69 bits per heavy atom. The largest absolute Gasteiger partial charge is 0.329 e. The molecule has 0 aliphatic heterocycles. The number of hydrogen-bond donors (Lipinski definition) is 2. The first kappa shape index (κ1) is 12.9. The maximum atomic E-state index is 5.54. The molecule has 2 heteroatoms. The van der Waals surface area contributed by atoms with Gasteiger partial charge in [0.25, 0.3) is 0 Å². The molecule has 1 atom stereocenters. The zero-order valence-corrected chi connectivity index (χ0v) is 9.47. The maximum absolute atomic E-state index is 5.54. The molecule has 0 aliphatic carbocycles. The van der Waals surface area contributed by atoms with Gasteiger partial charge in [-0.2, -0.15) is 0 Å². The molecule has 13 heavy (non-hydrogen) atoms. The number of nitrogens with two attached hydrogens (primary N) is 1. The summed E-state index contributed by atoms with van der Waals surface area (Å²) < 4.78 is 0. The van der Waals surface area contributed by atoms with Crippen molar-refractivity contribution in [1.82, 2.24) is 5.32 Å². The summed E-state index contributed by atoms with van der Waals surface area (Å²) in [7, 11) is 0. The van der Waals surface area contributed by atoms with E-state index in [1.54, 1.807) is 0 Å². The van der Waals surface area contributed by atoms with Crippen molar-refractivity contribution < 1.29 is 0 Å². The summed E-state index contributed by atoms with van der Waals surface area (Å²) in [5.74, 6) is 0.851. The van der Waals surface area contributed by atoms with Gasteiger partial charge in [0.05, 0.1) is 0 Å². The van der Waals surface area contributed by atoms with E-state index < -0.39 is 0 Å². The molecule has 0 fully saturated rings. The van der Waals surface area contributed by atoms with E-state index in [1.807, 2.05) is 0 Å². The SMILES string of the molecule is CCCC(CCC)CNC(C)CN. The van der Waals surface area contributed by atoms with Crippen molar-refractivity contribution in [3.05, 3.63) is 0 Å². The Bertz CT molecular complexity index is 98.3. The van der Waals surface area contributed by atoms with E-state index in [9.17, 15) is 0 Å². The zero-order chi connectivity index (χ0) is 10.1. The van der Waals surface area contributed by atoms with Crippen LogP contribution in [0.15, 0.2) is 0 Å². The number of hydrogen-bond acceptors (Lipinski definition) is 2. The van der Waals surface area contributed by atoms with E-state index in [4.69, 9.17) is 5.73 Å². The highest BCUT2D eigenvalue weighted by molar-refractivity contribution is 4.66. The van der Waals surface area contributed by atoms with Gasteiger partial charge >= 0.3 is 0 Å². The second-order valence-electron chi connectivity index (χ2n) is 3.99. The molecule has 0 spiro atoms. The molecule has 0 aromatic rings. The molecule has 0 radical (unpaired) electrons. The van der Waals surface area contributed by atoms with Crippen LogP contribution in [0.3, 0.4) is 0 Å². The van der Waals surface area contributed by atoms with E-state index in [-0.39, 0.29) is 0 Å². The minimum absolute atomic E-state index is 0.469. The van der Waals surface area contributed by atoms with E-state index in [2.05, 4.69) is 26.1 Å². The van der Waals surface area contributed by atoms with Gasteiger partial charge in [0.2, 0.25) is 0 Å². The zero-order valence-electron chi connectivity index (χ0n) is 9.47. The van der Waals surface area contributed by atoms with E-state index in [0.717, 1.165) is 19.0 Å². The first-order valence-corrected chi connectivity index (χ1v) is 5.68. The lowest BCUT2D eigenvalue weighted by molar-refractivity contribution is 0.389. The molecule has 0 saturated heterocycles. The van der Waals surface area contributed by atoms with Crippen LogP contribution in [0.2, 0.25) is 0 Å². The van der Waals surface area contributed by atoms with Crippen LogP contribution in [0.5, 0.6) is 0 Å². The second-order valence-corrected chi connectivity index (χ2v) is 3.99. The molecule has 0 aliphatic rings. The Morgan fingerprint density at radius 1 is 1.15 bits per heavy atom. The predicted molar refractivity (Wildman–Crippen MR) is 59.8 cm³/mol. The topological polar surface area (TPSA) is 38.0 Å². The molecule has 0 saturated carbocycles. The molecular formula is C11H26N2. The van der Waals surface area contributed by atoms with Crippen LogP contribution in [0, 0.1) is 5.92 Å². The Morgan fingerprint density at radius 3 is 2.08 bits per heavy atom. The maximum Gasteiger partial charge on any atom is 0.0162 e. The number of nitrogens with one attached hydrogen (secondary N) is 1. The third kappa shape index (κ3) is 7.03. The fraction of sp³-hybridized carbons (Fsp3) is 1.00. The monoisotopic (exact) mass is 186 g/mol. The van der Waals surface area contributed by atoms with E-state index >= 15 is 0 Å². The van der Waals surface area contributed by atoms with Crippen LogP contribution < -0.4 is 11.1 Å². The lowest BCUT2D eigenvalue weighted by Gasteiger charge is -2.18. The van der Waals surface area contributed by atoms with E-state index in [0.29, 0.717) is 6.04 Å². The molecule has 0 bridgehead atoms. The molecule has 0 amide bonds. The van der Waals surface area contributed by atoms with Gasteiger partial charge in [-0.25, -0.2) is 0 Å². The molecular weight excluding hydrogens is 160 g/mol. The third-order valence-electron chi connectivity index (χ3n) is 2.50. The molecule has 2 nitrogen and oxygen atoms in total. The van der Waals surface area contributed by atoms with Crippen LogP contribution in [0.25, 0.3) is 0 Å². The van der Waals surface area contributed by atoms with Crippen LogP contribution in [0.4, 0.5) is 0 Å². The number of rotatable bonds is 8. The molecule has 0 aromatic carbocycles. The first-order chi connectivity index (χ1) is 6.24. The average molecular weight is 186 g/mol. The summed E-state index contributed by atoms with van der Waals surface area (Å²) in [4.78, 5) is 0. The Kier molecular flexibility index (Phi) is 8.46. The molecule has 0 rings (SSSR count). The summed E-state index contributed by atoms with van der Waals surface area (Å²) in [6.07, 6.45) is 5.28. The van der Waals surface area contributed by atoms with Crippen molar-refractivity contribution in [3.63, 3.8) is 0 Å². The smallest absolute Gasteiger partial charge is 0.0162 e. The minimum atomic E-state index is 0.469. The van der Waals surface area contributed by atoms with Crippen LogP contribution in [-0.2, 0) is 0 Å². The fourth-order valence-corrected chi connectivity index (χ4v) is 1.62. The minimum Gasteiger partial charge on any atom is -0.329 e. The van der Waals surface area contributed by atoms with Crippen molar-refractivity contribution in [2.75, 3.05) is 13.1 Å². The molecule has 0 aromatic heterocycles. The standard InChI is InChI=1S/C11H26N2/c1-4-6-11(7-5-2)9-13-10(3)8-12/h10-11,13H,4-9,12H2,1-3H3. The summed E-state index contributed by atoms with van der Waals surface area (Å²) in [5.41, 5.74) is 5.54. The van der Waals surface area contributed by atoms with Crippen LogP contribution >= 0.6 is 0 Å².